The lowest BCUT2D eigenvalue weighted by Crippen LogP contribution is -2.36. The molecular weight excluding hydrogens is 371 g/mol. The number of halogens is 3. The van der Waals surface area contributed by atoms with Crippen LogP contribution in [0.1, 0.15) is 23.1 Å². The molecule has 140 valence electrons. The molecule has 0 amide bonds. The zero-order valence-electron chi connectivity index (χ0n) is 13.9. The Balaban J connectivity index is 1.95. The van der Waals surface area contributed by atoms with Gasteiger partial charge in [0.1, 0.15) is 15.7 Å². The molecule has 26 heavy (non-hydrogen) atoms. The normalized spacial score (nSPS) is 15.2. The molecule has 0 atom stereocenters. The fourth-order valence-electron chi connectivity index (χ4n) is 2.44. The standard InChI is InChI=1S/C16H16F3N3O3S/c1-2-25-15(23)12-14(22-5-7-24-8-6-22)26-13(21-12)10-3-4-11(20-9-10)16(17,18)19/h3-4,9H,2,5-8H2,1H3. The first-order chi connectivity index (χ1) is 12.4. The molecule has 1 saturated heterocycles. The lowest BCUT2D eigenvalue weighted by Gasteiger charge is -2.27. The van der Waals surface area contributed by atoms with Gasteiger partial charge in [-0.3, -0.25) is 4.98 Å². The highest BCUT2D eigenvalue weighted by atomic mass is 32.1. The molecule has 0 bridgehead atoms. The van der Waals surface area contributed by atoms with Gasteiger partial charge in [-0.05, 0) is 19.1 Å². The Labute approximate surface area is 151 Å². The van der Waals surface area contributed by atoms with Gasteiger partial charge in [0.05, 0.1) is 19.8 Å². The molecular formula is C16H16F3N3O3S. The molecule has 0 aliphatic carbocycles. The van der Waals surface area contributed by atoms with Crippen LogP contribution in [0.4, 0.5) is 18.2 Å². The Morgan fingerprint density at radius 1 is 1.35 bits per heavy atom. The van der Waals surface area contributed by atoms with E-state index >= 15 is 0 Å². The highest BCUT2D eigenvalue weighted by Gasteiger charge is 2.32. The van der Waals surface area contributed by atoms with Crippen molar-refractivity contribution in [3.8, 4) is 10.6 Å². The molecule has 3 heterocycles. The average molecular weight is 387 g/mol. The zero-order chi connectivity index (χ0) is 18.7. The van der Waals surface area contributed by atoms with Crippen molar-refractivity contribution in [3.05, 3.63) is 29.7 Å². The van der Waals surface area contributed by atoms with Crippen molar-refractivity contribution in [1.29, 1.82) is 0 Å². The van der Waals surface area contributed by atoms with Gasteiger partial charge in [0.15, 0.2) is 5.69 Å². The fourth-order valence-corrected chi connectivity index (χ4v) is 3.53. The highest BCUT2D eigenvalue weighted by Crippen LogP contribution is 2.36. The lowest BCUT2D eigenvalue weighted by atomic mass is 10.2. The lowest BCUT2D eigenvalue weighted by molar-refractivity contribution is -0.141. The van der Waals surface area contributed by atoms with E-state index in [2.05, 4.69) is 9.97 Å². The minimum atomic E-state index is -4.50. The summed E-state index contributed by atoms with van der Waals surface area (Å²) in [5.41, 5.74) is -0.404. The van der Waals surface area contributed by atoms with Crippen molar-refractivity contribution in [2.75, 3.05) is 37.8 Å². The monoisotopic (exact) mass is 387 g/mol. The van der Waals surface area contributed by atoms with E-state index in [4.69, 9.17) is 9.47 Å². The van der Waals surface area contributed by atoms with Crippen LogP contribution in [0.3, 0.4) is 0 Å². The van der Waals surface area contributed by atoms with Crippen LogP contribution in [-0.4, -0.2) is 48.8 Å². The quantitative estimate of drug-likeness (QED) is 0.751. The summed E-state index contributed by atoms with van der Waals surface area (Å²) in [5, 5.41) is 1.04. The highest BCUT2D eigenvalue weighted by molar-refractivity contribution is 7.19. The molecule has 10 heteroatoms. The summed E-state index contributed by atoms with van der Waals surface area (Å²) in [7, 11) is 0. The summed E-state index contributed by atoms with van der Waals surface area (Å²) >= 11 is 1.22. The van der Waals surface area contributed by atoms with Crippen LogP contribution in [-0.2, 0) is 15.7 Å². The van der Waals surface area contributed by atoms with Gasteiger partial charge in [0, 0.05) is 24.8 Å². The van der Waals surface area contributed by atoms with Crippen LogP contribution in [0, 0.1) is 0 Å². The number of carbonyl (C=O) groups excluding carboxylic acids is 1. The van der Waals surface area contributed by atoms with Crippen LogP contribution < -0.4 is 4.90 Å². The van der Waals surface area contributed by atoms with Gasteiger partial charge in [0.2, 0.25) is 0 Å². The van der Waals surface area contributed by atoms with Crippen molar-refractivity contribution in [2.45, 2.75) is 13.1 Å². The smallest absolute Gasteiger partial charge is 0.433 e. The Morgan fingerprint density at radius 3 is 2.65 bits per heavy atom. The molecule has 2 aromatic rings. The van der Waals surface area contributed by atoms with Crippen LogP contribution in [0.5, 0.6) is 0 Å². The molecule has 0 saturated carbocycles. The van der Waals surface area contributed by atoms with Crippen LogP contribution in [0.2, 0.25) is 0 Å². The fraction of sp³-hybridized carbons (Fsp3) is 0.438. The third kappa shape index (κ3) is 3.96. The van der Waals surface area contributed by atoms with E-state index < -0.39 is 17.8 Å². The van der Waals surface area contributed by atoms with E-state index in [0.29, 0.717) is 41.9 Å². The van der Waals surface area contributed by atoms with E-state index in [1.54, 1.807) is 6.92 Å². The first-order valence-electron chi connectivity index (χ1n) is 7.94. The maximum Gasteiger partial charge on any atom is 0.433 e. The molecule has 0 N–H and O–H groups in total. The minimum Gasteiger partial charge on any atom is -0.461 e. The molecule has 6 nitrogen and oxygen atoms in total. The van der Waals surface area contributed by atoms with Crippen molar-refractivity contribution in [3.63, 3.8) is 0 Å². The molecule has 0 spiro atoms. The van der Waals surface area contributed by atoms with E-state index in [1.807, 2.05) is 4.90 Å². The molecule has 1 aliphatic rings. The van der Waals surface area contributed by atoms with Crippen LogP contribution in [0.15, 0.2) is 18.3 Å². The van der Waals surface area contributed by atoms with Gasteiger partial charge < -0.3 is 14.4 Å². The molecule has 0 aromatic carbocycles. The van der Waals surface area contributed by atoms with E-state index in [0.717, 1.165) is 12.3 Å². The van der Waals surface area contributed by atoms with Gasteiger partial charge >= 0.3 is 12.1 Å². The largest absolute Gasteiger partial charge is 0.461 e. The first-order valence-corrected chi connectivity index (χ1v) is 8.76. The maximum atomic E-state index is 12.7. The number of alkyl halides is 3. The third-order valence-corrected chi connectivity index (χ3v) is 4.84. The van der Waals surface area contributed by atoms with Crippen LogP contribution >= 0.6 is 11.3 Å². The number of esters is 1. The predicted octanol–water partition coefficient (Wildman–Crippen LogP) is 3.24. The molecule has 2 aromatic heterocycles. The summed E-state index contributed by atoms with van der Waals surface area (Å²) in [6, 6.07) is 2.20. The van der Waals surface area contributed by atoms with E-state index in [-0.39, 0.29) is 12.3 Å². The molecule has 0 unspecified atom stereocenters. The summed E-state index contributed by atoms with van der Waals surface area (Å²) in [4.78, 5) is 22.0. The minimum absolute atomic E-state index is 0.161. The first kappa shape index (κ1) is 18.6. The summed E-state index contributed by atoms with van der Waals surface area (Å²) in [5.74, 6) is -0.559. The number of thiazole rings is 1. The zero-order valence-corrected chi connectivity index (χ0v) is 14.7. The van der Waals surface area contributed by atoms with Gasteiger partial charge in [-0.25, -0.2) is 9.78 Å². The Bertz CT molecular complexity index is 771. The second-order valence-electron chi connectivity index (χ2n) is 5.42. The van der Waals surface area contributed by atoms with Crippen molar-refractivity contribution in [1.82, 2.24) is 9.97 Å². The molecule has 1 aliphatic heterocycles. The van der Waals surface area contributed by atoms with Gasteiger partial charge in [-0.1, -0.05) is 11.3 Å². The average Bonchev–Trinajstić information content (AvgIpc) is 3.07. The summed E-state index contributed by atoms with van der Waals surface area (Å²) in [6.45, 7) is 4.14. The number of ether oxygens (including phenoxy) is 2. The third-order valence-electron chi connectivity index (χ3n) is 3.68. The van der Waals surface area contributed by atoms with Gasteiger partial charge in [0.25, 0.3) is 0 Å². The number of hydrogen-bond donors (Lipinski definition) is 0. The van der Waals surface area contributed by atoms with Crippen molar-refractivity contribution in [2.24, 2.45) is 0 Å². The number of hydrogen-bond acceptors (Lipinski definition) is 7. The Hall–Kier alpha value is -2.20. The summed E-state index contributed by atoms with van der Waals surface area (Å²) in [6.07, 6.45) is -3.39. The van der Waals surface area contributed by atoms with E-state index in [1.165, 1.54) is 17.4 Å². The summed E-state index contributed by atoms with van der Waals surface area (Å²) < 4.78 is 48.4. The van der Waals surface area contributed by atoms with E-state index in [9.17, 15) is 18.0 Å². The SMILES string of the molecule is CCOC(=O)c1nc(-c2ccc(C(F)(F)F)nc2)sc1N1CCOCC1. The molecule has 0 radical (unpaired) electrons. The number of nitrogens with zero attached hydrogens (tertiary/aromatic N) is 3. The number of aromatic nitrogens is 2. The number of pyridine rings is 1. The maximum absolute atomic E-state index is 12.7. The van der Waals surface area contributed by atoms with Crippen molar-refractivity contribution >= 4 is 22.3 Å². The van der Waals surface area contributed by atoms with Crippen LogP contribution in [0.25, 0.3) is 10.6 Å². The van der Waals surface area contributed by atoms with Gasteiger partial charge in [-0.15, -0.1) is 0 Å². The predicted molar refractivity (Wildman–Crippen MR) is 89.3 cm³/mol. The number of anilines is 1. The Kier molecular flexibility index (Phi) is 5.42. The second kappa shape index (κ2) is 7.58. The van der Waals surface area contributed by atoms with Crippen molar-refractivity contribution < 1.29 is 27.4 Å². The number of rotatable bonds is 4. The van der Waals surface area contributed by atoms with Gasteiger partial charge in [-0.2, -0.15) is 13.2 Å². The number of carbonyl (C=O) groups is 1. The topological polar surface area (TPSA) is 64.5 Å². The molecule has 1 fully saturated rings. The number of morpholine rings is 1. The molecule has 3 rings (SSSR count). The Morgan fingerprint density at radius 2 is 2.08 bits per heavy atom. The second-order valence-corrected chi connectivity index (χ2v) is 6.40.